The number of carbonyl (C=O) groups is 1. The molecular weight excluding hydrogens is 218 g/mol. The molecule has 0 saturated heterocycles. The lowest BCUT2D eigenvalue weighted by Gasteiger charge is -1.95. The highest BCUT2D eigenvalue weighted by Gasteiger charge is 1.92. The first-order valence-electron chi connectivity index (χ1n) is 3.80. The lowest BCUT2D eigenvalue weighted by molar-refractivity contribution is -0.124. The Hall–Kier alpha value is -0.910. The highest BCUT2D eigenvalue weighted by Crippen LogP contribution is 2.21. The predicted molar refractivity (Wildman–Crippen MR) is 60.2 cm³/mol. The van der Waals surface area contributed by atoms with Crippen molar-refractivity contribution in [3.8, 4) is 0 Å². The Morgan fingerprint density at radius 3 is 2.57 bits per heavy atom. The van der Waals surface area contributed by atoms with Crippen molar-refractivity contribution in [3.63, 3.8) is 0 Å². The summed E-state index contributed by atoms with van der Waals surface area (Å²) in [5.74, 6) is -0.544. The first kappa shape index (κ1) is 11.2. The third-order valence-electron chi connectivity index (χ3n) is 1.52. The van der Waals surface area contributed by atoms with E-state index in [-0.39, 0.29) is 0 Å². The Bertz CT molecular complexity index is 335. The summed E-state index contributed by atoms with van der Waals surface area (Å²) >= 11 is 4.05. The molecule has 0 radical (unpaired) electrons. The van der Waals surface area contributed by atoms with Crippen LogP contribution < -0.4 is 5.48 Å². The minimum atomic E-state index is -0.544. The van der Waals surface area contributed by atoms with Crippen LogP contribution in [0, 0.1) is 0 Å². The van der Waals surface area contributed by atoms with Crippen LogP contribution in [-0.4, -0.2) is 11.1 Å². The maximum Gasteiger partial charge on any atom is 0.267 e. The Labute approximate surface area is 91.0 Å². The average Bonchev–Trinajstić information content (AvgIpc) is 2.26. The minimum Gasteiger partial charge on any atom is -0.288 e. The van der Waals surface area contributed by atoms with Crippen molar-refractivity contribution in [3.05, 3.63) is 35.9 Å². The Balaban J connectivity index is 2.68. The number of hydrogen-bond acceptors (Lipinski definition) is 4. The summed E-state index contributed by atoms with van der Waals surface area (Å²) in [6.07, 6.45) is 2.86. The number of amides is 1. The maximum atomic E-state index is 10.6. The van der Waals surface area contributed by atoms with Gasteiger partial charge in [-0.3, -0.25) is 10.0 Å². The number of nitrogens with one attached hydrogen (secondary N) is 1. The summed E-state index contributed by atoms with van der Waals surface area (Å²) in [5.41, 5.74) is 2.40. The number of thiol groups is 1. The first-order chi connectivity index (χ1) is 6.76. The molecule has 0 saturated carbocycles. The second kappa shape index (κ2) is 5.74. The van der Waals surface area contributed by atoms with Crippen LogP contribution in [0.15, 0.2) is 35.2 Å². The van der Waals surface area contributed by atoms with Crippen molar-refractivity contribution >= 4 is 34.4 Å². The largest absolute Gasteiger partial charge is 0.288 e. The van der Waals surface area contributed by atoms with Gasteiger partial charge in [0.05, 0.1) is 0 Å². The molecule has 0 heterocycles. The van der Waals surface area contributed by atoms with Gasteiger partial charge in [0, 0.05) is 11.0 Å². The zero-order valence-corrected chi connectivity index (χ0v) is 8.89. The molecule has 74 valence electrons. The van der Waals surface area contributed by atoms with Crippen LogP contribution in [0.3, 0.4) is 0 Å². The van der Waals surface area contributed by atoms with Gasteiger partial charge >= 0.3 is 0 Å². The fraction of sp³-hybridized carbons (Fsp3) is 0. The third-order valence-corrected chi connectivity index (χ3v) is 2.64. The van der Waals surface area contributed by atoms with Crippen molar-refractivity contribution in [1.82, 2.24) is 5.48 Å². The number of rotatable bonds is 3. The molecule has 1 aromatic carbocycles. The van der Waals surface area contributed by atoms with Crippen LogP contribution in [0.2, 0.25) is 0 Å². The van der Waals surface area contributed by atoms with Gasteiger partial charge in [-0.15, -0.1) is 11.7 Å². The van der Waals surface area contributed by atoms with Crippen molar-refractivity contribution in [2.75, 3.05) is 0 Å². The van der Waals surface area contributed by atoms with E-state index < -0.39 is 5.91 Å². The molecule has 0 aliphatic carbocycles. The molecule has 2 N–H and O–H groups in total. The van der Waals surface area contributed by atoms with Crippen molar-refractivity contribution in [2.45, 2.75) is 4.90 Å². The summed E-state index contributed by atoms with van der Waals surface area (Å²) in [7, 11) is 1.36. The lowest BCUT2D eigenvalue weighted by atomic mass is 10.2. The van der Waals surface area contributed by atoms with E-state index in [0.29, 0.717) is 0 Å². The quantitative estimate of drug-likeness (QED) is 0.244. The number of benzene rings is 1. The van der Waals surface area contributed by atoms with Crippen LogP contribution in [-0.2, 0) is 4.79 Å². The van der Waals surface area contributed by atoms with E-state index in [2.05, 4.69) is 11.7 Å². The molecule has 0 aromatic heterocycles. The molecule has 0 unspecified atom stereocenters. The topological polar surface area (TPSA) is 49.3 Å². The van der Waals surface area contributed by atoms with E-state index in [1.807, 2.05) is 24.3 Å². The lowest BCUT2D eigenvalue weighted by Crippen LogP contribution is -2.14. The van der Waals surface area contributed by atoms with Crippen molar-refractivity contribution in [2.24, 2.45) is 0 Å². The monoisotopic (exact) mass is 227 g/mol. The molecule has 0 bridgehead atoms. The molecule has 3 nitrogen and oxygen atoms in total. The zero-order valence-electron chi connectivity index (χ0n) is 7.18. The van der Waals surface area contributed by atoms with Crippen LogP contribution in [0.1, 0.15) is 5.56 Å². The number of hydrogen-bond donors (Lipinski definition) is 3. The Morgan fingerprint density at radius 2 is 2.07 bits per heavy atom. The molecule has 0 aliphatic rings. The summed E-state index contributed by atoms with van der Waals surface area (Å²) < 4.78 is 0. The van der Waals surface area contributed by atoms with Crippen LogP contribution >= 0.6 is 22.5 Å². The Morgan fingerprint density at radius 1 is 1.43 bits per heavy atom. The summed E-state index contributed by atoms with van der Waals surface area (Å²) in [6, 6.07) is 7.52. The molecule has 1 aromatic rings. The highest BCUT2D eigenvalue weighted by atomic mass is 33.1. The van der Waals surface area contributed by atoms with Gasteiger partial charge in [-0.25, -0.2) is 5.48 Å². The summed E-state index contributed by atoms with van der Waals surface area (Å²) in [5, 5.41) is 8.23. The SMILES string of the molecule is O=C(/C=C/c1ccc(SS)cc1)NO. The van der Waals surface area contributed by atoms with Gasteiger partial charge in [0.2, 0.25) is 0 Å². The highest BCUT2D eigenvalue weighted by molar-refractivity contribution is 8.68. The maximum absolute atomic E-state index is 10.6. The van der Waals surface area contributed by atoms with E-state index in [1.54, 1.807) is 6.08 Å². The van der Waals surface area contributed by atoms with Gasteiger partial charge in [0.25, 0.3) is 5.91 Å². The molecule has 1 rings (SSSR count). The molecule has 0 fully saturated rings. The first-order valence-corrected chi connectivity index (χ1v) is 5.67. The summed E-state index contributed by atoms with van der Waals surface area (Å²) in [6.45, 7) is 0. The van der Waals surface area contributed by atoms with Gasteiger partial charge < -0.3 is 0 Å². The van der Waals surface area contributed by atoms with Crippen molar-refractivity contribution in [1.29, 1.82) is 0 Å². The number of carbonyl (C=O) groups excluding carboxylic acids is 1. The van der Waals surface area contributed by atoms with Crippen LogP contribution in [0.25, 0.3) is 6.08 Å². The standard InChI is InChI=1S/C9H9NO2S2/c11-9(10-12)6-3-7-1-4-8(14-13)5-2-7/h1-6,12-13H,(H,10,11)/b6-3+. The zero-order chi connectivity index (χ0) is 10.4. The molecule has 14 heavy (non-hydrogen) atoms. The Kier molecular flexibility index (Phi) is 4.58. The minimum absolute atomic E-state index is 0.544. The second-order valence-corrected chi connectivity index (χ2v) is 3.67. The molecule has 0 spiro atoms. The second-order valence-electron chi connectivity index (χ2n) is 2.47. The van der Waals surface area contributed by atoms with E-state index in [9.17, 15) is 4.79 Å². The normalized spacial score (nSPS) is 10.4. The van der Waals surface area contributed by atoms with Gasteiger partial charge in [0.1, 0.15) is 0 Å². The van der Waals surface area contributed by atoms with Crippen molar-refractivity contribution < 1.29 is 10.0 Å². The van der Waals surface area contributed by atoms with E-state index >= 15 is 0 Å². The average molecular weight is 227 g/mol. The van der Waals surface area contributed by atoms with Crippen LogP contribution in [0.5, 0.6) is 0 Å². The molecule has 0 aliphatic heterocycles. The van der Waals surface area contributed by atoms with Gasteiger partial charge in [-0.05, 0) is 23.8 Å². The van der Waals surface area contributed by atoms with E-state index in [1.165, 1.54) is 22.4 Å². The smallest absolute Gasteiger partial charge is 0.267 e. The molecule has 5 heteroatoms. The van der Waals surface area contributed by atoms with E-state index in [4.69, 9.17) is 5.21 Å². The number of hydroxylamine groups is 1. The predicted octanol–water partition coefficient (Wildman–Crippen LogP) is 2.14. The van der Waals surface area contributed by atoms with Crippen LogP contribution in [0.4, 0.5) is 0 Å². The van der Waals surface area contributed by atoms with Gasteiger partial charge in [-0.1, -0.05) is 22.9 Å². The van der Waals surface area contributed by atoms with Gasteiger partial charge in [-0.2, -0.15) is 0 Å². The molecule has 0 atom stereocenters. The molecule has 1 amide bonds. The van der Waals surface area contributed by atoms with Gasteiger partial charge in [0.15, 0.2) is 0 Å². The third kappa shape index (κ3) is 3.45. The van der Waals surface area contributed by atoms with E-state index in [0.717, 1.165) is 10.5 Å². The molecular formula is C9H9NO2S2. The fourth-order valence-electron chi connectivity index (χ4n) is 0.849. The fourth-order valence-corrected chi connectivity index (χ4v) is 1.47. The summed E-state index contributed by atoms with van der Waals surface area (Å²) in [4.78, 5) is 11.7.